The summed E-state index contributed by atoms with van der Waals surface area (Å²) >= 11 is 0. The molecule has 0 saturated carbocycles. The van der Waals surface area contributed by atoms with E-state index in [1.807, 2.05) is 6.92 Å². The molecule has 0 fully saturated rings. The molecule has 10 heavy (non-hydrogen) atoms. The first-order valence-corrected chi connectivity index (χ1v) is 3.05. The normalized spacial score (nSPS) is 9.70. The van der Waals surface area contributed by atoms with E-state index in [4.69, 9.17) is 0 Å². The average molecular weight is 140 g/mol. The molecule has 1 rings (SSSR count). The third-order valence-electron chi connectivity index (χ3n) is 1.32. The lowest BCUT2D eigenvalue weighted by Gasteiger charge is -1.81. The number of aryl methyl sites for hydroxylation is 1. The van der Waals surface area contributed by atoms with E-state index >= 15 is 0 Å². The highest BCUT2D eigenvalue weighted by Gasteiger charge is 2.05. The fourth-order valence-corrected chi connectivity index (χ4v) is 0.738. The van der Waals surface area contributed by atoms with Crippen molar-refractivity contribution in [3.8, 4) is 0 Å². The summed E-state index contributed by atoms with van der Waals surface area (Å²) in [6, 6.07) is 1.54. The number of hydrogen-bond donors (Lipinski definition) is 1. The Labute approximate surface area is 58.0 Å². The summed E-state index contributed by atoms with van der Waals surface area (Å²) in [7, 11) is 0. The zero-order valence-corrected chi connectivity index (χ0v) is 5.63. The Bertz CT molecular complexity index is 242. The summed E-state index contributed by atoms with van der Waals surface area (Å²) in [5, 5.41) is 10.1. The zero-order valence-electron chi connectivity index (χ0n) is 5.63. The molecule has 54 valence electrons. The van der Waals surface area contributed by atoms with Gasteiger partial charge < -0.3 is 4.98 Å². The Balaban J connectivity index is 2.88. The third kappa shape index (κ3) is 1.15. The molecule has 0 aliphatic heterocycles. The minimum atomic E-state index is -0.407. The summed E-state index contributed by atoms with van der Waals surface area (Å²) < 4.78 is 0. The van der Waals surface area contributed by atoms with Gasteiger partial charge in [-0.3, -0.25) is 10.1 Å². The summed E-state index contributed by atoms with van der Waals surface area (Å²) in [4.78, 5) is 12.5. The predicted octanol–water partition coefficient (Wildman–Crippen LogP) is 1.49. The molecule has 0 radical (unpaired) electrons. The molecule has 1 aromatic rings. The van der Waals surface area contributed by atoms with E-state index in [-0.39, 0.29) is 5.69 Å². The minimum Gasteiger partial charge on any atom is -0.359 e. The van der Waals surface area contributed by atoms with Gasteiger partial charge in [-0.05, 0) is 6.42 Å². The SMILES string of the molecule is CCc1cc([N+](=O)[O-])c[nH]1. The number of aromatic nitrogens is 1. The predicted molar refractivity (Wildman–Crippen MR) is 36.8 cm³/mol. The molecule has 4 heteroatoms. The van der Waals surface area contributed by atoms with Crippen molar-refractivity contribution in [3.63, 3.8) is 0 Å². The van der Waals surface area contributed by atoms with Crippen molar-refractivity contribution in [1.82, 2.24) is 4.98 Å². The van der Waals surface area contributed by atoms with E-state index in [1.54, 1.807) is 6.07 Å². The highest BCUT2D eigenvalue weighted by Crippen LogP contribution is 2.11. The Morgan fingerprint density at radius 1 is 1.80 bits per heavy atom. The van der Waals surface area contributed by atoms with Crippen LogP contribution in [0.15, 0.2) is 12.3 Å². The van der Waals surface area contributed by atoms with Crippen molar-refractivity contribution in [2.45, 2.75) is 13.3 Å². The highest BCUT2D eigenvalue weighted by molar-refractivity contribution is 5.29. The van der Waals surface area contributed by atoms with Crippen molar-refractivity contribution in [3.05, 3.63) is 28.1 Å². The first kappa shape index (κ1) is 6.80. The van der Waals surface area contributed by atoms with E-state index in [0.717, 1.165) is 12.1 Å². The van der Waals surface area contributed by atoms with Crippen LogP contribution in [0.5, 0.6) is 0 Å². The van der Waals surface area contributed by atoms with Crippen LogP contribution < -0.4 is 0 Å². The maximum Gasteiger partial charge on any atom is 0.286 e. The molecule has 1 aromatic heterocycles. The van der Waals surface area contributed by atoms with Crippen molar-refractivity contribution < 1.29 is 4.92 Å². The number of rotatable bonds is 2. The van der Waals surface area contributed by atoms with Gasteiger partial charge in [-0.2, -0.15) is 0 Å². The fraction of sp³-hybridized carbons (Fsp3) is 0.333. The lowest BCUT2D eigenvalue weighted by atomic mass is 10.3. The second-order valence-electron chi connectivity index (χ2n) is 1.99. The molecule has 0 unspecified atom stereocenters. The molecular formula is C6H8N2O2. The maximum atomic E-state index is 10.1. The van der Waals surface area contributed by atoms with Gasteiger partial charge in [0.2, 0.25) is 0 Å². The number of aromatic amines is 1. The number of hydrogen-bond acceptors (Lipinski definition) is 2. The Hall–Kier alpha value is -1.32. The third-order valence-corrected chi connectivity index (χ3v) is 1.32. The summed E-state index contributed by atoms with van der Waals surface area (Å²) in [6.45, 7) is 1.94. The standard InChI is InChI=1S/C6H8N2O2/c1-2-5-3-6(4-7-5)8(9)10/h3-4,7H,2H2,1H3. The molecule has 0 bridgehead atoms. The van der Waals surface area contributed by atoms with Gasteiger partial charge in [0.25, 0.3) is 5.69 Å². The lowest BCUT2D eigenvalue weighted by molar-refractivity contribution is -0.384. The number of H-pyrrole nitrogens is 1. The van der Waals surface area contributed by atoms with Crippen LogP contribution in [0.4, 0.5) is 5.69 Å². The van der Waals surface area contributed by atoms with E-state index in [1.165, 1.54) is 6.20 Å². The number of nitrogens with zero attached hydrogens (tertiary/aromatic N) is 1. The van der Waals surface area contributed by atoms with Crippen LogP contribution in [0.25, 0.3) is 0 Å². The van der Waals surface area contributed by atoms with Crippen LogP contribution in [-0.4, -0.2) is 9.91 Å². The van der Waals surface area contributed by atoms with Gasteiger partial charge in [-0.25, -0.2) is 0 Å². The molecular weight excluding hydrogens is 132 g/mol. The monoisotopic (exact) mass is 140 g/mol. The first-order chi connectivity index (χ1) is 4.74. The smallest absolute Gasteiger partial charge is 0.286 e. The molecule has 1 N–H and O–H groups in total. The van der Waals surface area contributed by atoms with Crippen LogP contribution in [-0.2, 0) is 6.42 Å². The molecule has 0 saturated heterocycles. The van der Waals surface area contributed by atoms with Crippen molar-refractivity contribution in [1.29, 1.82) is 0 Å². The van der Waals surface area contributed by atoms with Gasteiger partial charge >= 0.3 is 0 Å². The van der Waals surface area contributed by atoms with Crippen molar-refractivity contribution in [2.75, 3.05) is 0 Å². The van der Waals surface area contributed by atoms with Crippen LogP contribution in [0, 0.1) is 10.1 Å². The minimum absolute atomic E-state index is 0.136. The Morgan fingerprint density at radius 3 is 2.80 bits per heavy atom. The van der Waals surface area contributed by atoms with Gasteiger partial charge in [0.15, 0.2) is 0 Å². The first-order valence-electron chi connectivity index (χ1n) is 3.05. The summed E-state index contributed by atoms with van der Waals surface area (Å²) in [5.41, 5.74) is 1.03. The molecule has 4 nitrogen and oxygen atoms in total. The van der Waals surface area contributed by atoms with Gasteiger partial charge in [0.05, 0.1) is 11.1 Å². The Morgan fingerprint density at radius 2 is 2.50 bits per heavy atom. The van der Waals surface area contributed by atoms with E-state index in [2.05, 4.69) is 4.98 Å². The molecule has 0 atom stereocenters. The Kier molecular flexibility index (Phi) is 1.71. The van der Waals surface area contributed by atoms with Gasteiger partial charge in [-0.15, -0.1) is 0 Å². The fourth-order valence-electron chi connectivity index (χ4n) is 0.738. The van der Waals surface area contributed by atoms with Crippen LogP contribution in [0.2, 0.25) is 0 Å². The van der Waals surface area contributed by atoms with E-state index < -0.39 is 4.92 Å². The quantitative estimate of drug-likeness (QED) is 0.499. The molecule has 1 heterocycles. The second-order valence-corrected chi connectivity index (χ2v) is 1.99. The molecule has 0 spiro atoms. The van der Waals surface area contributed by atoms with Crippen molar-refractivity contribution >= 4 is 5.69 Å². The largest absolute Gasteiger partial charge is 0.359 e. The van der Waals surface area contributed by atoms with Crippen molar-refractivity contribution in [2.24, 2.45) is 0 Å². The number of nitrogens with one attached hydrogen (secondary N) is 1. The average Bonchev–Trinajstić information content (AvgIpc) is 2.34. The highest BCUT2D eigenvalue weighted by atomic mass is 16.6. The van der Waals surface area contributed by atoms with Gasteiger partial charge in [0, 0.05) is 11.8 Å². The molecule has 0 aliphatic carbocycles. The summed E-state index contributed by atoms with van der Waals surface area (Å²) in [6.07, 6.45) is 2.20. The summed E-state index contributed by atoms with van der Waals surface area (Å²) in [5.74, 6) is 0. The van der Waals surface area contributed by atoms with E-state index in [0.29, 0.717) is 0 Å². The number of nitro groups is 1. The van der Waals surface area contributed by atoms with Gasteiger partial charge in [-0.1, -0.05) is 6.92 Å². The van der Waals surface area contributed by atoms with E-state index in [9.17, 15) is 10.1 Å². The molecule has 0 aliphatic rings. The van der Waals surface area contributed by atoms with Crippen LogP contribution >= 0.6 is 0 Å². The topological polar surface area (TPSA) is 58.9 Å². The van der Waals surface area contributed by atoms with Gasteiger partial charge in [0.1, 0.15) is 0 Å². The molecule has 0 aromatic carbocycles. The zero-order chi connectivity index (χ0) is 7.56. The van der Waals surface area contributed by atoms with Crippen LogP contribution in [0.1, 0.15) is 12.6 Å². The second kappa shape index (κ2) is 2.51. The van der Waals surface area contributed by atoms with Crippen LogP contribution in [0.3, 0.4) is 0 Å². The lowest BCUT2D eigenvalue weighted by Crippen LogP contribution is -1.82. The maximum absolute atomic E-state index is 10.1. The molecule has 0 amide bonds.